The number of methoxy groups -OCH3 is 1. The number of hydrogen-bond donors (Lipinski definition) is 2. The smallest absolute Gasteiger partial charge is 0.150 e. The lowest BCUT2D eigenvalue weighted by Crippen LogP contribution is -2.01. The highest BCUT2D eigenvalue weighted by Crippen LogP contribution is 2.32. The molecule has 0 aliphatic rings. The first kappa shape index (κ1) is 12.6. The molecule has 0 fully saturated rings. The van der Waals surface area contributed by atoms with Gasteiger partial charge in [-0.05, 0) is 40.5 Å². The largest absolute Gasteiger partial charge is 0.495 e. The minimum atomic E-state index is 0.388. The fourth-order valence-electron chi connectivity index (χ4n) is 1.52. The highest BCUT2D eigenvalue weighted by Gasteiger charge is 2.09. The van der Waals surface area contributed by atoms with E-state index in [-0.39, 0.29) is 0 Å². The molecule has 0 bridgehead atoms. The Hall–Kier alpha value is -1.82. The first-order chi connectivity index (χ1) is 8.61. The van der Waals surface area contributed by atoms with E-state index < -0.39 is 0 Å². The molecule has 6 heteroatoms. The molecule has 2 rings (SSSR count). The van der Waals surface area contributed by atoms with Crippen LogP contribution in [-0.4, -0.2) is 17.1 Å². The number of nitrogen functional groups attached to an aromatic ring is 1. The molecule has 1 aromatic heterocycles. The van der Waals surface area contributed by atoms with Gasteiger partial charge in [0.05, 0.1) is 12.8 Å². The van der Waals surface area contributed by atoms with Crippen molar-refractivity contribution in [3.05, 3.63) is 34.6 Å². The summed E-state index contributed by atoms with van der Waals surface area (Å²) in [6.07, 6.45) is 1.41. The molecule has 0 saturated carbocycles. The van der Waals surface area contributed by atoms with Crippen LogP contribution in [0.4, 0.5) is 17.3 Å². The van der Waals surface area contributed by atoms with Crippen molar-refractivity contribution < 1.29 is 4.74 Å². The fourth-order valence-corrected chi connectivity index (χ4v) is 1.82. The van der Waals surface area contributed by atoms with Gasteiger partial charge in [-0.3, -0.25) is 0 Å². The second kappa shape index (κ2) is 5.22. The average molecular weight is 309 g/mol. The van der Waals surface area contributed by atoms with E-state index in [2.05, 4.69) is 31.2 Å². The second-order valence-corrected chi connectivity index (χ2v) is 4.54. The molecule has 94 valence electrons. The lowest BCUT2D eigenvalue weighted by molar-refractivity contribution is 0.416. The molecule has 0 radical (unpaired) electrons. The van der Waals surface area contributed by atoms with E-state index in [0.29, 0.717) is 16.1 Å². The van der Waals surface area contributed by atoms with Crippen LogP contribution in [0.3, 0.4) is 0 Å². The molecule has 1 heterocycles. The van der Waals surface area contributed by atoms with Crippen LogP contribution in [0.1, 0.15) is 5.56 Å². The molecule has 0 spiro atoms. The van der Waals surface area contributed by atoms with Gasteiger partial charge in [0.15, 0.2) is 0 Å². The van der Waals surface area contributed by atoms with Crippen molar-refractivity contribution in [2.45, 2.75) is 6.92 Å². The molecule has 0 amide bonds. The Kier molecular flexibility index (Phi) is 3.66. The van der Waals surface area contributed by atoms with E-state index in [1.165, 1.54) is 6.33 Å². The summed E-state index contributed by atoms with van der Waals surface area (Å²) in [6.45, 7) is 2.01. The maximum Gasteiger partial charge on any atom is 0.150 e. The summed E-state index contributed by atoms with van der Waals surface area (Å²) in [6, 6.07) is 5.85. The molecule has 18 heavy (non-hydrogen) atoms. The van der Waals surface area contributed by atoms with E-state index in [0.717, 1.165) is 17.0 Å². The van der Waals surface area contributed by atoms with Gasteiger partial charge in [0, 0.05) is 0 Å². The van der Waals surface area contributed by atoms with Crippen LogP contribution in [0.2, 0.25) is 0 Å². The van der Waals surface area contributed by atoms with Gasteiger partial charge in [-0.25, -0.2) is 9.97 Å². The average Bonchev–Trinajstić information content (AvgIpc) is 2.35. The zero-order valence-electron chi connectivity index (χ0n) is 10.1. The summed E-state index contributed by atoms with van der Waals surface area (Å²) >= 11 is 3.35. The summed E-state index contributed by atoms with van der Waals surface area (Å²) < 4.78 is 5.92. The van der Waals surface area contributed by atoms with Gasteiger partial charge in [0.2, 0.25) is 0 Å². The van der Waals surface area contributed by atoms with Crippen molar-refractivity contribution in [1.82, 2.24) is 9.97 Å². The maximum absolute atomic E-state index is 5.71. The highest BCUT2D eigenvalue weighted by molar-refractivity contribution is 9.10. The van der Waals surface area contributed by atoms with Gasteiger partial charge in [-0.1, -0.05) is 6.07 Å². The number of nitrogens with one attached hydrogen (secondary N) is 1. The summed E-state index contributed by atoms with van der Waals surface area (Å²) in [7, 11) is 1.62. The maximum atomic E-state index is 5.71. The second-order valence-electron chi connectivity index (χ2n) is 3.75. The predicted molar refractivity (Wildman–Crippen MR) is 75.2 cm³/mol. The van der Waals surface area contributed by atoms with Gasteiger partial charge >= 0.3 is 0 Å². The normalized spacial score (nSPS) is 10.2. The number of hydrogen-bond acceptors (Lipinski definition) is 5. The Morgan fingerprint density at radius 1 is 1.33 bits per heavy atom. The highest BCUT2D eigenvalue weighted by atomic mass is 79.9. The van der Waals surface area contributed by atoms with Crippen LogP contribution in [0.25, 0.3) is 0 Å². The number of rotatable bonds is 3. The Bertz CT molecular complexity index is 574. The quantitative estimate of drug-likeness (QED) is 0.912. The zero-order chi connectivity index (χ0) is 13.1. The van der Waals surface area contributed by atoms with Crippen LogP contribution in [0.5, 0.6) is 5.75 Å². The van der Waals surface area contributed by atoms with Crippen molar-refractivity contribution in [3.63, 3.8) is 0 Å². The van der Waals surface area contributed by atoms with E-state index in [9.17, 15) is 0 Å². The molecule has 0 aliphatic carbocycles. The molecule has 2 aromatic rings. The number of nitrogens with two attached hydrogens (primary N) is 1. The Morgan fingerprint density at radius 2 is 2.11 bits per heavy atom. The third-order valence-corrected chi connectivity index (χ3v) is 3.21. The van der Waals surface area contributed by atoms with Gasteiger partial charge in [-0.15, -0.1) is 0 Å². The number of nitrogens with zero attached hydrogens (tertiary/aromatic N) is 2. The van der Waals surface area contributed by atoms with E-state index in [1.807, 2.05) is 25.1 Å². The first-order valence-electron chi connectivity index (χ1n) is 5.29. The SMILES string of the molecule is COc1ccc(C)cc1Nc1ncnc(N)c1Br. The lowest BCUT2D eigenvalue weighted by atomic mass is 10.2. The summed E-state index contributed by atoms with van der Waals surface area (Å²) in [5, 5.41) is 3.17. The van der Waals surface area contributed by atoms with E-state index in [4.69, 9.17) is 10.5 Å². The van der Waals surface area contributed by atoms with Crippen LogP contribution < -0.4 is 15.8 Å². The third kappa shape index (κ3) is 2.53. The Morgan fingerprint density at radius 3 is 2.83 bits per heavy atom. The number of aromatic nitrogens is 2. The van der Waals surface area contributed by atoms with Crippen LogP contribution in [0.15, 0.2) is 29.0 Å². The van der Waals surface area contributed by atoms with Gasteiger partial charge in [0.25, 0.3) is 0 Å². The minimum Gasteiger partial charge on any atom is -0.495 e. The van der Waals surface area contributed by atoms with Crippen LogP contribution >= 0.6 is 15.9 Å². The topological polar surface area (TPSA) is 73.1 Å². The Labute approximate surface area is 114 Å². The molecule has 0 atom stereocenters. The number of anilines is 3. The fraction of sp³-hybridized carbons (Fsp3) is 0.167. The molecular weight excluding hydrogens is 296 g/mol. The van der Waals surface area contributed by atoms with Crippen molar-refractivity contribution in [1.29, 1.82) is 0 Å². The van der Waals surface area contributed by atoms with Crippen LogP contribution in [0, 0.1) is 6.92 Å². The van der Waals surface area contributed by atoms with Crippen molar-refractivity contribution >= 4 is 33.3 Å². The Balaban J connectivity index is 2.39. The lowest BCUT2D eigenvalue weighted by Gasteiger charge is -2.12. The first-order valence-corrected chi connectivity index (χ1v) is 6.08. The van der Waals surface area contributed by atoms with Gasteiger partial charge in [0.1, 0.15) is 28.2 Å². The number of benzene rings is 1. The zero-order valence-corrected chi connectivity index (χ0v) is 11.7. The summed E-state index contributed by atoms with van der Waals surface area (Å²) in [5.41, 5.74) is 7.66. The molecule has 3 N–H and O–H groups in total. The molecule has 0 unspecified atom stereocenters. The van der Waals surface area contributed by atoms with E-state index in [1.54, 1.807) is 7.11 Å². The number of ether oxygens (including phenoxy) is 1. The van der Waals surface area contributed by atoms with Gasteiger partial charge < -0.3 is 15.8 Å². The number of halogens is 1. The van der Waals surface area contributed by atoms with Gasteiger partial charge in [-0.2, -0.15) is 0 Å². The molecule has 5 nitrogen and oxygen atoms in total. The minimum absolute atomic E-state index is 0.388. The summed E-state index contributed by atoms with van der Waals surface area (Å²) in [5.74, 6) is 1.73. The van der Waals surface area contributed by atoms with Crippen molar-refractivity contribution in [3.8, 4) is 5.75 Å². The summed E-state index contributed by atoms with van der Waals surface area (Å²) in [4.78, 5) is 8.02. The molecule has 0 saturated heterocycles. The predicted octanol–water partition coefficient (Wildman–Crippen LogP) is 2.88. The molecule has 0 aliphatic heterocycles. The molecule has 1 aromatic carbocycles. The van der Waals surface area contributed by atoms with Crippen LogP contribution in [-0.2, 0) is 0 Å². The van der Waals surface area contributed by atoms with E-state index >= 15 is 0 Å². The van der Waals surface area contributed by atoms with Crippen molar-refractivity contribution in [2.75, 3.05) is 18.2 Å². The third-order valence-electron chi connectivity index (χ3n) is 2.42. The molecular formula is C12H13BrN4O. The standard InChI is InChI=1S/C12H13BrN4O/c1-7-3-4-9(18-2)8(5-7)17-12-10(13)11(14)15-6-16-12/h3-6H,1-2H3,(H3,14,15,16,17). The number of aryl methyl sites for hydroxylation is 1. The monoisotopic (exact) mass is 308 g/mol. The van der Waals surface area contributed by atoms with Crippen molar-refractivity contribution in [2.24, 2.45) is 0 Å².